The molecule has 2 fully saturated rings. The Labute approximate surface area is 106 Å². The van der Waals surface area contributed by atoms with Gasteiger partial charge in [-0.25, -0.2) is 0 Å². The molecule has 0 radical (unpaired) electrons. The zero-order valence-corrected chi connectivity index (χ0v) is 11.8. The minimum absolute atomic E-state index is 0.290. The van der Waals surface area contributed by atoms with Crippen LogP contribution >= 0.6 is 0 Å². The molecule has 1 saturated heterocycles. The number of rotatable bonds is 1. The molecule has 0 amide bonds. The topological polar surface area (TPSA) is 20.3 Å². The van der Waals surface area contributed by atoms with E-state index in [1.54, 1.807) is 0 Å². The molecular weight excluding hydrogens is 210 g/mol. The van der Waals surface area contributed by atoms with Crippen LogP contribution in [0.4, 0.5) is 0 Å². The SMILES string of the molecule is C[C@@H]1[C@@H](C2CCC(=O)CC2)CCN1C(C)(C)C. The van der Waals surface area contributed by atoms with E-state index in [2.05, 4.69) is 32.6 Å². The lowest BCUT2D eigenvalue weighted by Gasteiger charge is -2.38. The molecule has 0 unspecified atom stereocenters. The van der Waals surface area contributed by atoms with Gasteiger partial charge in [-0.3, -0.25) is 9.69 Å². The van der Waals surface area contributed by atoms with Crippen molar-refractivity contribution in [1.29, 1.82) is 0 Å². The molecule has 1 aliphatic carbocycles. The molecule has 2 nitrogen and oxygen atoms in total. The van der Waals surface area contributed by atoms with Crippen molar-refractivity contribution in [2.45, 2.75) is 71.4 Å². The molecule has 2 atom stereocenters. The van der Waals surface area contributed by atoms with Gasteiger partial charge < -0.3 is 0 Å². The zero-order valence-electron chi connectivity index (χ0n) is 11.8. The summed E-state index contributed by atoms with van der Waals surface area (Å²) in [4.78, 5) is 14.0. The van der Waals surface area contributed by atoms with Gasteiger partial charge >= 0.3 is 0 Å². The maximum absolute atomic E-state index is 11.3. The van der Waals surface area contributed by atoms with Crippen molar-refractivity contribution in [2.75, 3.05) is 6.54 Å². The Morgan fingerprint density at radius 3 is 2.18 bits per heavy atom. The first-order chi connectivity index (χ1) is 7.89. The van der Waals surface area contributed by atoms with Crippen LogP contribution < -0.4 is 0 Å². The fourth-order valence-electron chi connectivity index (χ4n) is 3.93. The highest BCUT2D eigenvalue weighted by Gasteiger charge is 2.40. The van der Waals surface area contributed by atoms with Crippen molar-refractivity contribution in [3.63, 3.8) is 0 Å². The maximum atomic E-state index is 11.3. The Hall–Kier alpha value is -0.370. The third kappa shape index (κ3) is 2.73. The molecule has 1 saturated carbocycles. The van der Waals surface area contributed by atoms with Gasteiger partial charge in [-0.1, -0.05) is 0 Å². The first kappa shape index (κ1) is 13.1. The normalized spacial score (nSPS) is 33.3. The highest BCUT2D eigenvalue weighted by atomic mass is 16.1. The van der Waals surface area contributed by atoms with E-state index in [0.717, 1.165) is 37.5 Å². The molecular formula is C15H27NO. The third-order valence-corrected chi connectivity index (χ3v) is 4.87. The molecule has 98 valence electrons. The average Bonchev–Trinajstić information content (AvgIpc) is 2.61. The summed E-state index contributed by atoms with van der Waals surface area (Å²) in [5, 5.41) is 0. The fourth-order valence-corrected chi connectivity index (χ4v) is 3.93. The number of ketones is 1. The molecule has 0 aromatic rings. The van der Waals surface area contributed by atoms with Gasteiger partial charge in [0.1, 0.15) is 5.78 Å². The van der Waals surface area contributed by atoms with Crippen LogP contribution in [0.1, 0.15) is 59.8 Å². The number of nitrogens with zero attached hydrogens (tertiary/aromatic N) is 1. The number of likely N-dealkylation sites (tertiary alicyclic amines) is 1. The quantitative estimate of drug-likeness (QED) is 0.697. The maximum Gasteiger partial charge on any atom is 0.132 e. The van der Waals surface area contributed by atoms with Crippen LogP contribution in [0.2, 0.25) is 0 Å². The van der Waals surface area contributed by atoms with Crippen LogP contribution in [-0.4, -0.2) is 28.8 Å². The lowest BCUT2D eigenvalue weighted by atomic mass is 9.76. The molecule has 0 bridgehead atoms. The Kier molecular flexibility index (Phi) is 3.63. The molecule has 2 heteroatoms. The minimum Gasteiger partial charge on any atom is -0.300 e. The van der Waals surface area contributed by atoms with E-state index in [1.807, 2.05) is 0 Å². The summed E-state index contributed by atoms with van der Waals surface area (Å²) in [5.74, 6) is 2.11. The van der Waals surface area contributed by atoms with Crippen LogP contribution in [0.15, 0.2) is 0 Å². The molecule has 0 N–H and O–H groups in total. The Morgan fingerprint density at radius 2 is 1.71 bits per heavy atom. The van der Waals surface area contributed by atoms with Gasteiger partial charge in [0.05, 0.1) is 0 Å². The van der Waals surface area contributed by atoms with Crippen molar-refractivity contribution in [1.82, 2.24) is 4.90 Å². The highest BCUT2D eigenvalue weighted by Crippen LogP contribution is 2.40. The van der Waals surface area contributed by atoms with E-state index in [1.165, 1.54) is 13.0 Å². The summed E-state index contributed by atoms with van der Waals surface area (Å²) in [5.41, 5.74) is 0.290. The third-order valence-electron chi connectivity index (χ3n) is 4.87. The zero-order chi connectivity index (χ0) is 12.6. The predicted octanol–water partition coefficient (Wildman–Crippen LogP) is 3.25. The molecule has 0 aromatic heterocycles. The first-order valence-electron chi connectivity index (χ1n) is 7.18. The molecule has 2 rings (SSSR count). The summed E-state index contributed by atoms with van der Waals surface area (Å²) < 4.78 is 0. The van der Waals surface area contributed by atoms with Crippen molar-refractivity contribution in [3.05, 3.63) is 0 Å². The summed E-state index contributed by atoms with van der Waals surface area (Å²) in [7, 11) is 0. The van der Waals surface area contributed by atoms with Gasteiger partial charge in [-0.05, 0) is 65.3 Å². The van der Waals surface area contributed by atoms with Gasteiger partial charge in [-0.15, -0.1) is 0 Å². The van der Waals surface area contributed by atoms with Crippen LogP contribution in [0.5, 0.6) is 0 Å². The van der Waals surface area contributed by atoms with Gasteiger partial charge in [0.15, 0.2) is 0 Å². The van der Waals surface area contributed by atoms with Crippen molar-refractivity contribution in [2.24, 2.45) is 11.8 Å². The first-order valence-corrected chi connectivity index (χ1v) is 7.18. The second-order valence-corrected chi connectivity index (χ2v) is 6.93. The van der Waals surface area contributed by atoms with Crippen LogP contribution in [0, 0.1) is 11.8 Å². The van der Waals surface area contributed by atoms with E-state index in [0.29, 0.717) is 17.4 Å². The second-order valence-electron chi connectivity index (χ2n) is 6.93. The number of hydrogen-bond donors (Lipinski definition) is 0. The molecule has 1 aliphatic heterocycles. The lowest BCUT2D eigenvalue weighted by molar-refractivity contribution is -0.121. The van der Waals surface area contributed by atoms with Crippen LogP contribution in [-0.2, 0) is 4.79 Å². The largest absolute Gasteiger partial charge is 0.300 e. The second kappa shape index (κ2) is 4.72. The van der Waals surface area contributed by atoms with Gasteiger partial charge in [0.25, 0.3) is 0 Å². The molecule has 1 heterocycles. The average molecular weight is 237 g/mol. The van der Waals surface area contributed by atoms with Crippen molar-refractivity contribution < 1.29 is 4.79 Å². The number of hydrogen-bond acceptors (Lipinski definition) is 2. The van der Waals surface area contributed by atoms with Gasteiger partial charge in [-0.2, -0.15) is 0 Å². The van der Waals surface area contributed by atoms with Gasteiger partial charge in [0, 0.05) is 24.4 Å². The van der Waals surface area contributed by atoms with E-state index in [4.69, 9.17) is 0 Å². The minimum atomic E-state index is 0.290. The standard InChI is InChI=1S/C15H27NO/c1-11-14(9-10-16(11)15(2,3)4)12-5-7-13(17)8-6-12/h11-12,14H,5-10H2,1-4H3/t11-,14+/m1/s1. The predicted molar refractivity (Wildman–Crippen MR) is 71.0 cm³/mol. The molecule has 0 spiro atoms. The van der Waals surface area contributed by atoms with Gasteiger partial charge in [0.2, 0.25) is 0 Å². The van der Waals surface area contributed by atoms with E-state index < -0.39 is 0 Å². The number of Topliss-reactive ketones (excluding diaryl/α,β-unsaturated/α-hetero) is 1. The van der Waals surface area contributed by atoms with E-state index >= 15 is 0 Å². The smallest absolute Gasteiger partial charge is 0.132 e. The van der Waals surface area contributed by atoms with Crippen LogP contribution in [0.3, 0.4) is 0 Å². The summed E-state index contributed by atoms with van der Waals surface area (Å²) in [6.07, 6.45) is 5.29. The Morgan fingerprint density at radius 1 is 1.12 bits per heavy atom. The number of carbonyl (C=O) groups is 1. The van der Waals surface area contributed by atoms with Crippen molar-refractivity contribution >= 4 is 5.78 Å². The number of carbonyl (C=O) groups excluding carboxylic acids is 1. The monoisotopic (exact) mass is 237 g/mol. The Bertz CT molecular complexity index is 282. The highest BCUT2D eigenvalue weighted by molar-refractivity contribution is 5.79. The van der Waals surface area contributed by atoms with Crippen molar-refractivity contribution in [3.8, 4) is 0 Å². The Balaban J connectivity index is 1.98. The van der Waals surface area contributed by atoms with E-state index in [-0.39, 0.29) is 0 Å². The fraction of sp³-hybridized carbons (Fsp3) is 0.933. The molecule has 17 heavy (non-hydrogen) atoms. The molecule has 0 aromatic carbocycles. The summed E-state index contributed by atoms with van der Waals surface area (Å²) in [6, 6.07) is 0.688. The van der Waals surface area contributed by atoms with Crippen LogP contribution in [0.25, 0.3) is 0 Å². The molecule has 2 aliphatic rings. The lowest BCUT2D eigenvalue weighted by Crippen LogP contribution is -2.45. The summed E-state index contributed by atoms with van der Waals surface area (Å²) in [6.45, 7) is 10.6. The van der Waals surface area contributed by atoms with E-state index in [9.17, 15) is 4.79 Å². The summed E-state index contributed by atoms with van der Waals surface area (Å²) >= 11 is 0.